The van der Waals surface area contributed by atoms with E-state index in [1.807, 2.05) is 0 Å². The molecule has 0 radical (unpaired) electrons. The van der Waals surface area contributed by atoms with E-state index >= 15 is 0 Å². The molecule has 0 atom stereocenters. The van der Waals surface area contributed by atoms with Crippen molar-refractivity contribution >= 4 is 17.6 Å². The number of hydrogen-bond donors (Lipinski definition) is 1. The van der Waals surface area contributed by atoms with Crippen LogP contribution in [0.1, 0.15) is 48.9 Å². The van der Waals surface area contributed by atoms with E-state index in [4.69, 9.17) is 4.74 Å². The van der Waals surface area contributed by atoms with Crippen molar-refractivity contribution < 1.29 is 14.3 Å². The molecule has 1 aromatic carbocycles. The van der Waals surface area contributed by atoms with Crippen LogP contribution in [0.3, 0.4) is 0 Å². The van der Waals surface area contributed by atoms with Gasteiger partial charge >= 0.3 is 5.97 Å². The van der Waals surface area contributed by atoms with Gasteiger partial charge in [0.25, 0.3) is 0 Å². The number of esters is 1. The zero-order chi connectivity index (χ0) is 14.4. The van der Waals surface area contributed by atoms with Crippen molar-refractivity contribution in [2.45, 2.75) is 38.5 Å². The summed E-state index contributed by atoms with van der Waals surface area (Å²) in [7, 11) is 1.34. The van der Waals surface area contributed by atoms with Gasteiger partial charge in [-0.15, -0.1) is 0 Å². The molecule has 0 bridgehead atoms. The van der Waals surface area contributed by atoms with Gasteiger partial charge in [-0.1, -0.05) is 31.4 Å². The maximum atomic E-state index is 12.1. The highest BCUT2D eigenvalue weighted by Crippen LogP contribution is 2.27. The molecule has 0 spiro atoms. The average molecular weight is 275 g/mol. The highest BCUT2D eigenvalue weighted by atomic mass is 16.5. The van der Waals surface area contributed by atoms with Crippen molar-refractivity contribution in [2.24, 2.45) is 5.92 Å². The monoisotopic (exact) mass is 275 g/mol. The summed E-state index contributed by atoms with van der Waals surface area (Å²) in [6, 6.07) is 6.93. The van der Waals surface area contributed by atoms with Gasteiger partial charge < -0.3 is 10.1 Å². The number of hydrogen-bond acceptors (Lipinski definition) is 3. The molecule has 0 heterocycles. The van der Waals surface area contributed by atoms with Gasteiger partial charge in [-0.2, -0.15) is 0 Å². The maximum Gasteiger partial charge on any atom is 0.339 e. The topological polar surface area (TPSA) is 55.4 Å². The van der Waals surface area contributed by atoms with E-state index in [1.165, 1.54) is 26.4 Å². The number of carbonyl (C=O) groups is 2. The zero-order valence-electron chi connectivity index (χ0n) is 11.9. The minimum atomic E-state index is -0.432. The van der Waals surface area contributed by atoms with Gasteiger partial charge in [-0.3, -0.25) is 4.79 Å². The van der Waals surface area contributed by atoms with Gasteiger partial charge in [-0.25, -0.2) is 4.79 Å². The predicted octanol–water partition coefficient (Wildman–Crippen LogP) is 3.38. The molecule has 1 fully saturated rings. The lowest BCUT2D eigenvalue weighted by Crippen LogP contribution is -2.19. The molecule has 1 N–H and O–H groups in total. The fourth-order valence-corrected chi connectivity index (χ4v) is 2.73. The van der Waals surface area contributed by atoms with Crippen LogP contribution in [0.2, 0.25) is 0 Å². The molecule has 1 aliphatic rings. The Hall–Kier alpha value is -1.84. The third kappa shape index (κ3) is 3.83. The van der Waals surface area contributed by atoms with Crippen LogP contribution in [-0.4, -0.2) is 19.0 Å². The molecule has 0 unspecified atom stereocenters. The zero-order valence-corrected chi connectivity index (χ0v) is 11.9. The van der Waals surface area contributed by atoms with E-state index in [0.29, 0.717) is 23.6 Å². The van der Waals surface area contributed by atoms with Crippen molar-refractivity contribution in [2.75, 3.05) is 12.4 Å². The van der Waals surface area contributed by atoms with E-state index < -0.39 is 5.97 Å². The van der Waals surface area contributed by atoms with Gasteiger partial charge in [0.1, 0.15) is 0 Å². The average Bonchev–Trinajstić information content (AvgIpc) is 2.48. The number of benzene rings is 1. The van der Waals surface area contributed by atoms with Crippen LogP contribution in [0.15, 0.2) is 24.3 Å². The summed E-state index contributed by atoms with van der Waals surface area (Å²) >= 11 is 0. The fourth-order valence-electron chi connectivity index (χ4n) is 2.73. The van der Waals surface area contributed by atoms with Crippen LogP contribution in [0.4, 0.5) is 5.69 Å². The number of nitrogens with one attached hydrogen (secondary N) is 1. The van der Waals surface area contributed by atoms with Gasteiger partial charge in [0.15, 0.2) is 0 Å². The SMILES string of the molecule is COC(=O)c1ccccc1NC(=O)CC1CCCCC1. The van der Waals surface area contributed by atoms with Crippen molar-refractivity contribution in [1.29, 1.82) is 0 Å². The molecule has 1 aromatic rings. The van der Waals surface area contributed by atoms with Crippen molar-refractivity contribution in [3.05, 3.63) is 29.8 Å². The molecular formula is C16H21NO3. The second-order valence-electron chi connectivity index (χ2n) is 5.29. The molecule has 4 heteroatoms. The smallest absolute Gasteiger partial charge is 0.339 e. The van der Waals surface area contributed by atoms with Crippen LogP contribution < -0.4 is 5.32 Å². The van der Waals surface area contributed by atoms with Crippen LogP contribution in [0.5, 0.6) is 0 Å². The summed E-state index contributed by atoms with van der Waals surface area (Å²) in [5.41, 5.74) is 0.923. The first-order valence-electron chi connectivity index (χ1n) is 7.18. The van der Waals surface area contributed by atoms with Crippen LogP contribution in [0, 0.1) is 5.92 Å². The Balaban J connectivity index is 1.98. The third-order valence-corrected chi connectivity index (χ3v) is 3.81. The van der Waals surface area contributed by atoms with Crippen LogP contribution >= 0.6 is 0 Å². The first-order chi connectivity index (χ1) is 9.70. The normalized spacial score (nSPS) is 15.7. The Labute approximate surface area is 119 Å². The molecule has 4 nitrogen and oxygen atoms in total. The standard InChI is InChI=1S/C16H21NO3/c1-20-16(19)13-9-5-6-10-14(13)17-15(18)11-12-7-3-2-4-8-12/h5-6,9-10,12H,2-4,7-8,11H2,1H3,(H,17,18). The second kappa shape index (κ2) is 7.08. The lowest BCUT2D eigenvalue weighted by Gasteiger charge is -2.21. The number of rotatable bonds is 4. The second-order valence-corrected chi connectivity index (χ2v) is 5.29. The molecule has 0 aliphatic heterocycles. The van der Waals surface area contributed by atoms with E-state index in [9.17, 15) is 9.59 Å². The summed E-state index contributed by atoms with van der Waals surface area (Å²) in [6.07, 6.45) is 6.52. The highest BCUT2D eigenvalue weighted by molar-refractivity contribution is 6.01. The van der Waals surface area contributed by atoms with E-state index in [2.05, 4.69) is 5.32 Å². The molecule has 1 saturated carbocycles. The number of amides is 1. The number of methoxy groups -OCH3 is 1. The minimum absolute atomic E-state index is 0.0201. The predicted molar refractivity (Wildman–Crippen MR) is 77.6 cm³/mol. The summed E-state index contributed by atoms with van der Waals surface area (Å²) in [5.74, 6) is 0.0286. The summed E-state index contributed by atoms with van der Waals surface area (Å²) in [6.45, 7) is 0. The largest absolute Gasteiger partial charge is 0.465 e. The van der Waals surface area contributed by atoms with E-state index in [-0.39, 0.29) is 5.91 Å². The number of carbonyl (C=O) groups excluding carboxylic acids is 2. The highest BCUT2D eigenvalue weighted by Gasteiger charge is 2.18. The fraction of sp³-hybridized carbons (Fsp3) is 0.500. The number of ether oxygens (including phenoxy) is 1. The van der Waals surface area contributed by atoms with Gasteiger partial charge in [0, 0.05) is 6.42 Å². The molecule has 1 amide bonds. The lowest BCUT2D eigenvalue weighted by molar-refractivity contribution is -0.117. The first-order valence-corrected chi connectivity index (χ1v) is 7.18. The Kier molecular flexibility index (Phi) is 5.16. The Morgan fingerprint density at radius 1 is 1.20 bits per heavy atom. The van der Waals surface area contributed by atoms with Crippen molar-refractivity contribution in [3.8, 4) is 0 Å². The lowest BCUT2D eigenvalue weighted by atomic mass is 9.87. The van der Waals surface area contributed by atoms with Crippen LogP contribution in [0.25, 0.3) is 0 Å². The van der Waals surface area contributed by atoms with Crippen LogP contribution in [-0.2, 0) is 9.53 Å². The van der Waals surface area contributed by atoms with E-state index in [1.54, 1.807) is 24.3 Å². The molecule has 108 valence electrons. The van der Waals surface area contributed by atoms with Crippen molar-refractivity contribution in [1.82, 2.24) is 0 Å². The summed E-state index contributed by atoms with van der Waals surface area (Å²) in [5, 5.41) is 2.83. The molecule has 2 rings (SSSR count). The third-order valence-electron chi connectivity index (χ3n) is 3.81. The summed E-state index contributed by atoms with van der Waals surface area (Å²) in [4.78, 5) is 23.7. The molecule has 0 saturated heterocycles. The molecular weight excluding hydrogens is 254 g/mol. The van der Waals surface area contributed by atoms with Crippen molar-refractivity contribution in [3.63, 3.8) is 0 Å². The molecule has 0 aromatic heterocycles. The first kappa shape index (κ1) is 14.6. The number of para-hydroxylation sites is 1. The van der Waals surface area contributed by atoms with Gasteiger partial charge in [0.2, 0.25) is 5.91 Å². The molecule has 1 aliphatic carbocycles. The molecule has 20 heavy (non-hydrogen) atoms. The summed E-state index contributed by atoms with van der Waals surface area (Å²) < 4.78 is 4.72. The van der Waals surface area contributed by atoms with Gasteiger partial charge in [-0.05, 0) is 30.9 Å². The van der Waals surface area contributed by atoms with Gasteiger partial charge in [0.05, 0.1) is 18.4 Å². The number of anilines is 1. The van der Waals surface area contributed by atoms with E-state index in [0.717, 1.165) is 12.8 Å². The maximum absolute atomic E-state index is 12.1. The Morgan fingerprint density at radius 3 is 2.60 bits per heavy atom. The Bertz CT molecular complexity index is 478. The Morgan fingerprint density at radius 2 is 1.90 bits per heavy atom. The minimum Gasteiger partial charge on any atom is -0.465 e. The quantitative estimate of drug-likeness (QED) is 0.857.